The van der Waals surface area contributed by atoms with Crippen LogP contribution >= 0.6 is 15.9 Å². The first-order valence-corrected chi connectivity index (χ1v) is 8.11. The van der Waals surface area contributed by atoms with Gasteiger partial charge < -0.3 is 14.8 Å². The summed E-state index contributed by atoms with van der Waals surface area (Å²) in [5.74, 6) is -4.64. The van der Waals surface area contributed by atoms with E-state index in [1.54, 1.807) is 17.4 Å². The van der Waals surface area contributed by atoms with Crippen molar-refractivity contribution in [2.45, 2.75) is 19.3 Å². The van der Waals surface area contributed by atoms with Crippen LogP contribution in [0.5, 0.6) is 0 Å². The van der Waals surface area contributed by atoms with Gasteiger partial charge in [-0.2, -0.15) is 18.3 Å². The third kappa shape index (κ3) is 4.21. The number of hydrogen-bond acceptors (Lipinski definition) is 6. The van der Waals surface area contributed by atoms with Crippen molar-refractivity contribution in [3.63, 3.8) is 0 Å². The molecule has 0 fully saturated rings. The van der Waals surface area contributed by atoms with Gasteiger partial charge in [-0.25, -0.2) is 9.80 Å². The van der Waals surface area contributed by atoms with Crippen LogP contribution < -0.4 is 10.3 Å². The topological polar surface area (TPSA) is 88.1 Å². The van der Waals surface area contributed by atoms with Crippen molar-refractivity contribution in [3.05, 3.63) is 28.7 Å². The van der Waals surface area contributed by atoms with E-state index in [0.717, 1.165) is 5.01 Å². The number of hydrogen-bond donors (Lipinski definition) is 1. The second-order valence-electron chi connectivity index (χ2n) is 5.11. The summed E-state index contributed by atoms with van der Waals surface area (Å²) in [5, 5.41) is 6.61. The summed E-state index contributed by atoms with van der Waals surface area (Å²) in [4.78, 5) is 34.8. The summed E-state index contributed by atoms with van der Waals surface area (Å²) < 4.78 is 43.3. The summed E-state index contributed by atoms with van der Waals surface area (Å²) in [6.07, 6.45) is -6.45. The molecule has 0 saturated carbocycles. The number of carbonyl (C=O) groups is 3. The fourth-order valence-electron chi connectivity index (χ4n) is 2.27. The molecular formula is C15H13BrF3N3O4. The predicted molar refractivity (Wildman–Crippen MR) is 88.2 cm³/mol. The largest absolute Gasteiger partial charge is 0.471 e. The van der Waals surface area contributed by atoms with Crippen LogP contribution in [0.4, 0.5) is 18.9 Å². The summed E-state index contributed by atoms with van der Waals surface area (Å²) in [7, 11) is 0. The number of carbonyl (C=O) groups excluding carboxylic acids is 3. The number of benzene rings is 1. The number of amides is 1. The minimum absolute atomic E-state index is 0.0140. The Morgan fingerprint density at radius 1 is 1.42 bits per heavy atom. The molecule has 1 aromatic rings. The van der Waals surface area contributed by atoms with Gasteiger partial charge in [0.25, 0.3) is 0 Å². The minimum atomic E-state index is -5.16. The Morgan fingerprint density at radius 2 is 2.12 bits per heavy atom. The second-order valence-corrected chi connectivity index (χ2v) is 6.02. The van der Waals surface area contributed by atoms with Crippen molar-refractivity contribution in [2.75, 3.05) is 11.6 Å². The zero-order chi connectivity index (χ0) is 19.5. The Labute approximate surface area is 154 Å². The van der Waals surface area contributed by atoms with Gasteiger partial charge in [-0.05, 0) is 25.1 Å². The van der Waals surface area contributed by atoms with Crippen LogP contribution in [-0.4, -0.2) is 42.8 Å². The molecule has 1 aliphatic heterocycles. The lowest BCUT2D eigenvalue weighted by molar-refractivity contribution is -0.174. The standard InChI is InChI=1S/C15H13BrF3N3O4/c1-2-26-13(24)11-10(7-23)12(20-14(25)15(17,18)19)22(21-11)9-5-3-4-8(16)6-9/h3-7,10,12H,2H2,1H3,(H,20,25). The average Bonchev–Trinajstić information content (AvgIpc) is 2.92. The fraction of sp³-hybridized carbons (Fsp3) is 0.333. The molecule has 2 unspecified atom stereocenters. The van der Waals surface area contributed by atoms with Crippen molar-refractivity contribution >= 4 is 45.5 Å². The number of ether oxygens (including phenoxy) is 1. The normalized spacial score (nSPS) is 19.7. The van der Waals surface area contributed by atoms with Gasteiger partial charge in [0.05, 0.1) is 12.3 Å². The van der Waals surface area contributed by atoms with Crippen molar-refractivity contribution in [2.24, 2.45) is 11.0 Å². The summed E-state index contributed by atoms with van der Waals surface area (Å²) in [6, 6.07) is 6.25. The van der Waals surface area contributed by atoms with E-state index >= 15 is 0 Å². The lowest BCUT2D eigenvalue weighted by Crippen LogP contribution is -2.53. The van der Waals surface area contributed by atoms with Gasteiger partial charge in [0.2, 0.25) is 0 Å². The molecule has 0 aliphatic carbocycles. The van der Waals surface area contributed by atoms with E-state index < -0.39 is 35.8 Å². The highest BCUT2D eigenvalue weighted by molar-refractivity contribution is 9.10. The highest BCUT2D eigenvalue weighted by Gasteiger charge is 2.47. The molecule has 1 heterocycles. The smallest absolute Gasteiger partial charge is 0.461 e. The van der Waals surface area contributed by atoms with Crippen molar-refractivity contribution in [1.82, 2.24) is 5.32 Å². The molecule has 1 N–H and O–H groups in total. The second kappa shape index (κ2) is 7.85. The number of halogens is 4. The molecule has 0 spiro atoms. The van der Waals surface area contributed by atoms with Gasteiger partial charge in [-0.15, -0.1) is 0 Å². The Hall–Kier alpha value is -2.43. The fourth-order valence-corrected chi connectivity index (χ4v) is 2.66. The van der Waals surface area contributed by atoms with E-state index in [-0.39, 0.29) is 18.6 Å². The maximum Gasteiger partial charge on any atom is 0.471 e. The third-order valence-electron chi connectivity index (χ3n) is 3.38. The molecule has 2 rings (SSSR count). The lowest BCUT2D eigenvalue weighted by Gasteiger charge is -2.27. The Bertz CT molecular complexity index is 754. The van der Waals surface area contributed by atoms with E-state index in [9.17, 15) is 27.6 Å². The van der Waals surface area contributed by atoms with Crippen LogP contribution in [-0.2, 0) is 19.1 Å². The van der Waals surface area contributed by atoms with Crippen LogP contribution in [0.2, 0.25) is 0 Å². The molecule has 140 valence electrons. The maximum atomic E-state index is 12.6. The molecule has 7 nitrogen and oxygen atoms in total. The maximum absolute atomic E-state index is 12.6. The first kappa shape index (κ1) is 19.9. The molecular weight excluding hydrogens is 423 g/mol. The average molecular weight is 436 g/mol. The zero-order valence-corrected chi connectivity index (χ0v) is 14.9. The van der Waals surface area contributed by atoms with Crippen molar-refractivity contribution in [1.29, 1.82) is 0 Å². The lowest BCUT2D eigenvalue weighted by atomic mass is 10.0. The number of aldehydes is 1. The summed E-state index contributed by atoms with van der Waals surface area (Å²) in [6.45, 7) is 1.51. The minimum Gasteiger partial charge on any atom is -0.461 e. The number of rotatable bonds is 5. The van der Waals surface area contributed by atoms with E-state index in [1.807, 2.05) is 0 Å². The molecule has 1 aliphatic rings. The Morgan fingerprint density at radius 3 is 2.65 bits per heavy atom. The summed E-state index contributed by atoms with van der Waals surface area (Å²) >= 11 is 3.21. The van der Waals surface area contributed by atoms with Gasteiger partial charge in [0.1, 0.15) is 18.4 Å². The molecule has 26 heavy (non-hydrogen) atoms. The summed E-state index contributed by atoms with van der Waals surface area (Å²) in [5.41, 5.74) is -0.132. The van der Waals surface area contributed by atoms with Gasteiger partial charge in [-0.3, -0.25) is 4.79 Å². The van der Waals surface area contributed by atoms with Crippen LogP contribution in [0.1, 0.15) is 6.92 Å². The number of hydrazone groups is 1. The molecule has 2 atom stereocenters. The van der Waals surface area contributed by atoms with Crippen LogP contribution in [0.15, 0.2) is 33.8 Å². The van der Waals surface area contributed by atoms with Crippen LogP contribution in [0, 0.1) is 5.92 Å². The molecule has 11 heteroatoms. The third-order valence-corrected chi connectivity index (χ3v) is 3.87. The quantitative estimate of drug-likeness (QED) is 0.564. The first-order chi connectivity index (χ1) is 12.2. The monoisotopic (exact) mass is 435 g/mol. The first-order valence-electron chi connectivity index (χ1n) is 7.32. The van der Waals surface area contributed by atoms with E-state index in [2.05, 4.69) is 21.0 Å². The highest BCUT2D eigenvalue weighted by Crippen LogP contribution is 2.29. The van der Waals surface area contributed by atoms with Crippen LogP contribution in [0.3, 0.4) is 0 Å². The Balaban J connectivity index is 2.45. The van der Waals surface area contributed by atoms with Gasteiger partial charge in [-0.1, -0.05) is 22.0 Å². The van der Waals surface area contributed by atoms with Gasteiger partial charge >= 0.3 is 18.1 Å². The number of alkyl halides is 3. The van der Waals surface area contributed by atoms with E-state index in [1.165, 1.54) is 19.1 Å². The van der Waals surface area contributed by atoms with Crippen molar-refractivity contribution < 1.29 is 32.3 Å². The predicted octanol–water partition coefficient (Wildman–Crippen LogP) is 2.01. The van der Waals surface area contributed by atoms with E-state index in [4.69, 9.17) is 4.74 Å². The van der Waals surface area contributed by atoms with Crippen molar-refractivity contribution in [3.8, 4) is 0 Å². The molecule has 0 saturated heterocycles. The highest BCUT2D eigenvalue weighted by atomic mass is 79.9. The molecule has 0 radical (unpaired) electrons. The van der Waals surface area contributed by atoms with Crippen LogP contribution in [0.25, 0.3) is 0 Å². The molecule has 1 aromatic carbocycles. The van der Waals surface area contributed by atoms with Gasteiger partial charge in [0.15, 0.2) is 5.71 Å². The zero-order valence-electron chi connectivity index (χ0n) is 13.3. The van der Waals surface area contributed by atoms with Gasteiger partial charge in [0, 0.05) is 4.47 Å². The number of nitrogens with one attached hydrogen (secondary N) is 1. The number of nitrogens with zero attached hydrogens (tertiary/aromatic N) is 2. The molecule has 0 aromatic heterocycles. The molecule has 1 amide bonds. The van der Waals surface area contributed by atoms with E-state index in [0.29, 0.717) is 4.47 Å². The number of anilines is 1. The SMILES string of the molecule is CCOC(=O)C1=NN(c2cccc(Br)c2)C(NC(=O)C(F)(F)F)C1C=O. The molecule has 0 bridgehead atoms. The Kier molecular flexibility index (Phi) is 6.01. The number of esters is 1.